The topological polar surface area (TPSA) is 56.7 Å². The zero-order valence-corrected chi connectivity index (χ0v) is 10.6. The minimum Gasteiger partial charge on any atom is -0.323 e. The molecule has 96 valence electrons. The molecular formula is C13H17FN4. The maximum Gasteiger partial charge on any atom is 0.149 e. The summed E-state index contributed by atoms with van der Waals surface area (Å²) in [5.74, 6) is -0.310. The Labute approximate surface area is 106 Å². The van der Waals surface area contributed by atoms with E-state index in [2.05, 4.69) is 17.2 Å². The largest absolute Gasteiger partial charge is 0.323 e. The van der Waals surface area contributed by atoms with Gasteiger partial charge in [-0.05, 0) is 31.0 Å². The summed E-state index contributed by atoms with van der Waals surface area (Å²) in [4.78, 5) is 0. The van der Waals surface area contributed by atoms with Crippen LogP contribution in [0.5, 0.6) is 0 Å². The first-order chi connectivity index (χ1) is 8.61. The van der Waals surface area contributed by atoms with E-state index in [1.165, 1.54) is 10.7 Å². The van der Waals surface area contributed by atoms with Crippen molar-refractivity contribution >= 4 is 0 Å². The second kappa shape index (κ2) is 5.27. The Kier molecular flexibility index (Phi) is 3.72. The second-order valence-corrected chi connectivity index (χ2v) is 4.44. The molecule has 0 saturated heterocycles. The summed E-state index contributed by atoms with van der Waals surface area (Å²) in [6, 6.07) is 4.86. The molecule has 1 heterocycles. The SMILES string of the molecule is CCCC(N)c1cn(-c2ccc(C)cc2F)nn1. The van der Waals surface area contributed by atoms with E-state index in [0.29, 0.717) is 11.4 Å². The van der Waals surface area contributed by atoms with Crippen LogP contribution in [0.2, 0.25) is 0 Å². The molecule has 2 N–H and O–H groups in total. The average molecular weight is 248 g/mol. The highest BCUT2D eigenvalue weighted by Gasteiger charge is 2.12. The lowest BCUT2D eigenvalue weighted by Crippen LogP contribution is -2.10. The molecule has 1 aromatic carbocycles. The van der Waals surface area contributed by atoms with E-state index in [9.17, 15) is 4.39 Å². The smallest absolute Gasteiger partial charge is 0.149 e. The molecule has 0 saturated carbocycles. The summed E-state index contributed by atoms with van der Waals surface area (Å²) in [7, 11) is 0. The number of hydrogen-bond acceptors (Lipinski definition) is 3. The van der Waals surface area contributed by atoms with Crippen LogP contribution in [-0.2, 0) is 0 Å². The van der Waals surface area contributed by atoms with Crippen LogP contribution in [0.1, 0.15) is 37.1 Å². The summed E-state index contributed by atoms with van der Waals surface area (Å²) in [6.45, 7) is 3.90. The molecule has 18 heavy (non-hydrogen) atoms. The highest BCUT2D eigenvalue weighted by molar-refractivity contribution is 5.35. The number of aryl methyl sites for hydroxylation is 1. The Balaban J connectivity index is 2.29. The van der Waals surface area contributed by atoms with Gasteiger partial charge in [-0.15, -0.1) is 5.10 Å². The van der Waals surface area contributed by atoms with Gasteiger partial charge in [0.1, 0.15) is 11.5 Å². The van der Waals surface area contributed by atoms with Gasteiger partial charge in [0.2, 0.25) is 0 Å². The Morgan fingerprint density at radius 2 is 2.22 bits per heavy atom. The summed E-state index contributed by atoms with van der Waals surface area (Å²) in [5, 5.41) is 7.92. The molecule has 1 aromatic heterocycles. The Morgan fingerprint density at radius 3 is 2.89 bits per heavy atom. The fraction of sp³-hybridized carbons (Fsp3) is 0.385. The normalized spacial score (nSPS) is 12.7. The molecule has 0 aliphatic heterocycles. The van der Waals surface area contributed by atoms with Crippen LogP contribution in [0.15, 0.2) is 24.4 Å². The van der Waals surface area contributed by atoms with E-state index in [0.717, 1.165) is 18.4 Å². The lowest BCUT2D eigenvalue weighted by Gasteiger charge is -2.05. The number of hydrogen-bond donors (Lipinski definition) is 1. The first-order valence-corrected chi connectivity index (χ1v) is 6.06. The number of nitrogens with two attached hydrogens (primary N) is 1. The van der Waals surface area contributed by atoms with Gasteiger partial charge in [-0.1, -0.05) is 24.6 Å². The van der Waals surface area contributed by atoms with E-state index in [1.54, 1.807) is 12.3 Å². The molecular weight excluding hydrogens is 231 g/mol. The summed E-state index contributed by atoms with van der Waals surface area (Å²) in [5.41, 5.74) is 7.91. The Morgan fingerprint density at radius 1 is 1.44 bits per heavy atom. The van der Waals surface area contributed by atoms with Crippen LogP contribution in [0.4, 0.5) is 4.39 Å². The molecule has 4 nitrogen and oxygen atoms in total. The van der Waals surface area contributed by atoms with Gasteiger partial charge in [-0.2, -0.15) is 0 Å². The van der Waals surface area contributed by atoms with Crippen molar-refractivity contribution in [2.24, 2.45) is 5.73 Å². The van der Waals surface area contributed by atoms with E-state index >= 15 is 0 Å². The molecule has 0 fully saturated rings. The number of aromatic nitrogens is 3. The lowest BCUT2D eigenvalue weighted by atomic mass is 10.1. The monoisotopic (exact) mass is 248 g/mol. The maximum atomic E-state index is 13.8. The zero-order valence-electron chi connectivity index (χ0n) is 10.6. The fourth-order valence-corrected chi connectivity index (χ4v) is 1.82. The van der Waals surface area contributed by atoms with Crippen molar-refractivity contribution in [1.29, 1.82) is 0 Å². The second-order valence-electron chi connectivity index (χ2n) is 4.44. The number of rotatable bonds is 4. The highest BCUT2D eigenvalue weighted by atomic mass is 19.1. The molecule has 0 aliphatic carbocycles. The van der Waals surface area contributed by atoms with Gasteiger partial charge in [0.05, 0.1) is 17.9 Å². The van der Waals surface area contributed by atoms with Gasteiger partial charge in [0, 0.05) is 0 Å². The van der Waals surface area contributed by atoms with E-state index < -0.39 is 0 Å². The molecule has 0 amide bonds. The predicted molar refractivity (Wildman–Crippen MR) is 67.9 cm³/mol. The lowest BCUT2D eigenvalue weighted by molar-refractivity contribution is 0.605. The van der Waals surface area contributed by atoms with Crippen LogP contribution in [-0.4, -0.2) is 15.0 Å². The van der Waals surface area contributed by atoms with Crippen LogP contribution in [0.25, 0.3) is 5.69 Å². The average Bonchev–Trinajstić information content (AvgIpc) is 2.78. The van der Waals surface area contributed by atoms with Gasteiger partial charge in [0.15, 0.2) is 0 Å². The van der Waals surface area contributed by atoms with Gasteiger partial charge in [-0.3, -0.25) is 0 Å². The van der Waals surface area contributed by atoms with Crippen LogP contribution in [0, 0.1) is 12.7 Å². The van der Waals surface area contributed by atoms with Crippen molar-refractivity contribution in [3.05, 3.63) is 41.5 Å². The van der Waals surface area contributed by atoms with E-state index in [4.69, 9.17) is 5.73 Å². The van der Waals surface area contributed by atoms with Crippen molar-refractivity contribution in [3.63, 3.8) is 0 Å². The first-order valence-electron chi connectivity index (χ1n) is 6.06. The summed E-state index contributed by atoms with van der Waals surface area (Å²) in [6.07, 6.45) is 3.51. The molecule has 1 unspecified atom stereocenters. The number of benzene rings is 1. The van der Waals surface area contributed by atoms with Crippen molar-refractivity contribution < 1.29 is 4.39 Å². The standard InChI is InChI=1S/C13H17FN4/c1-3-4-11(15)12-8-18(17-16-12)13-6-5-9(2)7-10(13)14/h5-8,11H,3-4,15H2,1-2H3. The molecule has 2 aromatic rings. The van der Waals surface area contributed by atoms with Crippen molar-refractivity contribution in [1.82, 2.24) is 15.0 Å². The molecule has 1 atom stereocenters. The summed E-state index contributed by atoms with van der Waals surface area (Å²) >= 11 is 0. The molecule has 0 spiro atoms. The Hall–Kier alpha value is -1.75. The third kappa shape index (κ3) is 2.56. The quantitative estimate of drug-likeness (QED) is 0.904. The molecule has 0 aliphatic rings. The van der Waals surface area contributed by atoms with Gasteiger partial charge in [0.25, 0.3) is 0 Å². The third-order valence-corrected chi connectivity index (χ3v) is 2.84. The van der Waals surface area contributed by atoms with Crippen molar-refractivity contribution in [2.75, 3.05) is 0 Å². The van der Waals surface area contributed by atoms with Gasteiger partial charge >= 0.3 is 0 Å². The van der Waals surface area contributed by atoms with Crippen LogP contribution < -0.4 is 5.73 Å². The minimum atomic E-state index is -0.310. The third-order valence-electron chi connectivity index (χ3n) is 2.84. The highest BCUT2D eigenvalue weighted by Crippen LogP contribution is 2.17. The molecule has 0 radical (unpaired) electrons. The Bertz CT molecular complexity index is 536. The molecule has 2 rings (SSSR count). The van der Waals surface area contributed by atoms with E-state index in [-0.39, 0.29) is 11.9 Å². The molecule has 5 heteroatoms. The van der Waals surface area contributed by atoms with Gasteiger partial charge in [-0.25, -0.2) is 9.07 Å². The zero-order chi connectivity index (χ0) is 13.1. The summed E-state index contributed by atoms with van der Waals surface area (Å²) < 4.78 is 15.2. The molecule has 0 bridgehead atoms. The minimum absolute atomic E-state index is 0.141. The van der Waals surface area contributed by atoms with Crippen molar-refractivity contribution in [2.45, 2.75) is 32.7 Å². The number of halogens is 1. The van der Waals surface area contributed by atoms with Crippen molar-refractivity contribution in [3.8, 4) is 5.69 Å². The van der Waals surface area contributed by atoms with Crippen LogP contribution in [0.3, 0.4) is 0 Å². The predicted octanol–water partition coefficient (Wildman–Crippen LogP) is 2.51. The maximum absolute atomic E-state index is 13.8. The fourth-order valence-electron chi connectivity index (χ4n) is 1.82. The van der Waals surface area contributed by atoms with E-state index in [1.807, 2.05) is 13.0 Å². The van der Waals surface area contributed by atoms with Crippen LogP contribution >= 0.6 is 0 Å². The first kappa shape index (κ1) is 12.7. The van der Waals surface area contributed by atoms with Gasteiger partial charge < -0.3 is 5.73 Å². The number of nitrogens with zero attached hydrogens (tertiary/aromatic N) is 3.